The van der Waals surface area contributed by atoms with Gasteiger partial charge in [-0.05, 0) is 93.0 Å². The molecule has 84 heavy (non-hydrogen) atoms. The van der Waals surface area contributed by atoms with E-state index in [1.54, 1.807) is 6.08 Å². The van der Waals surface area contributed by atoms with Crippen molar-refractivity contribution in [3.8, 4) is 6.07 Å². The number of H-pyrrole nitrogens is 2. The second-order valence-electron chi connectivity index (χ2n) is 19.7. The zero-order chi connectivity index (χ0) is 64.0. The third-order valence-corrected chi connectivity index (χ3v) is 19.1. The van der Waals surface area contributed by atoms with Crippen molar-refractivity contribution in [1.29, 1.82) is 5.26 Å². The molecule has 2 aromatic rings. The largest absolute Gasteiger partial charge is 0.393 e. The number of rotatable bonds is 41. The molecule has 31 heteroatoms. The monoisotopic (exact) mass is 1270 g/mol. The Morgan fingerprint density at radius 1 is 0.667 bits per heavy atom. The number of nitrogens with zero attached hydrogens (tertiary/aromatic N) is 7. The fourth-order valence-electron chi connectivity index (χ4n) is 7.22. The molecule has 482 valence electrons. The lowest BCUT2D eigenvalue weighted by Gasteiger charge is -2.43. The highest BCUT2D eigenvalue weighted by atomic mass is 31.2. The van der Waals surface area contributed by atoms with E-state index in [0.717, 1.165) is 11.1 Å². The molecule has 0 bridgehead atoms. The zero-order valence-corrected chi connectivity index (χ0v) is 55.9. The lowest BCUT2D eigenvalue weighted by atomic mass is 10.3. The number of hydrogen-bond donors (Lipinski definition) is 3. The summed E-state index contributed by atoms with van der Waals surface area (Å²) in [5.74, 6) is 2.72. The highest BCUT2D eigenvalue weighted by Gasteiger charge is 2.33. The van der Waals surface area contributed by atoms with Crippen LogP contribution in [0.15, 0.2) is 67.5 Å². The number of nitriles is 1. The molecule has 2 heterocycles. The van der Waals surface area contributed by atoms with Gasteiger partial charge >= 0.3 is 11.4 Å². The molecule has 0 saturated heterocycles. The molecule has 0 aromatic carbocycles. The average molecular weight is 1270 g/mol. The summed E-state index contributed by atoms with van der Waals surface area (Å²) in [6.45, 7) is 35.9. The van der Waals surface area contributed by atoms with Crippen LogP contribution >= 0.6 is 31.7 Å². The van der Waals surface area contributed by atoms with Crippen LogP contribution < -0.4 is 22.5 Å². The summed E-state index contributed by atoms with van der Waals surface area (Å²) < 4.78 is 94.7. The van der Waals surface area contributed by atoms with E-state index in [9.17, 15) is 33.4 Å². The van der Waals surface area contributed by atoms with E-state index in [-0.39, 0.29) is 58.3 Å². The third kappa shape index (κ3) is 33.0. The molecule has 0 amide bonds. The maximum absolute atomic E-state index is 12.6. The predicted molar refractivity (Wildman–Crippen MR) is 327 cm³/mol. The van der Waals surface area contributed by atoms with Crippen molar-refractivity contribution in [2.24, 2.45) is 0 Å². The minimum absolute atomic E-state index is 0.0340. The molecule has 0 aliphatic rings. The number of ether oxygens (including phenoxy) is 6. The van der Waals surface area contributed by atoms with Gasteiger partial charge in [-0.2, -0.15) is 5.26 Å². The highest BCUT2D eigenvalue weighted by Crippen LogP contribution is 2.50. The topological polar surface area (TPSA) is 303 Å². The Hall–Kier alpha value is -3.46. The second-order valence-corrected chi connectivity index (χ2v) is 27.9. The van der Waals surface area contributed by atoms with E-state index in [2.05, 4.69) is 83.4 Å². The minimum Gasteiger partial charge on any atom is -0.393 e. The quantitative estimate of drug-likeness (QED) is 0.0328. The predicted octanol–water partition coefficient (Wildman–Crippen LogP) is 7.59. The summed E-state index contributed by atoms with van der Waals surface area (Å²) >= 11 is 0. The first-order valence-electron chi connectivity index (χ1n) is 27.5. The Kier molecular flexibility index (Phi) is 43.0. The van der Waals surface area contributed by atoms with Crippen molar-refractivity contribution in [1.82, 2.24) is 33.1 Å². The Balaban J connectivity index is 0.00000132. The number of nitrogens with one attached hydrogen (secondary N) is 2. The van der Waals surface area contributed by atoms with Gasteiger partial charge in [-0.1, -0.05) is 6.92 Å². The minimum atomic E-state index is -3.06. The van der Waals surface area contributed by atoms with E-state index < -0.39 is 85.5 Å². The second kappa shape index (κ2) is 44.9. The zero-order valence-electron chi connectivity index (χ0n) is 52.3. The Labute approximate surface area is 499 Å². The molecule has 3 N–H and O–H groups in total. The maximum Gasteiger partial charge on any atom is 0.330 e. The van der Waals surface area contributed by atoms with Crippen LogP contribution in [0.3, 0.4) is 0 Å². The summed E-state index contributed by atoms with van der Waals surface area (Å²) in [6, 6.07) is 6.01. The summed E-state index contributed by atoms with van der Waals surface area (Å²) in [6.07, 6.45) is 2.38. The van der Waals surface area contributed by atoms with Gasteiger partial charge in [0.15, 0.2) is 20.9 Å². The van der Waals surface area contributed by atoms with E-state index >= 15 is 0 Å². The van der Waals surface area contributed by atoms with Gasteiger partial charge in [0.2, 0.25) is 21.3 Å². The average Bonchev–Trinajstić information content (AvgIpc) is 3.58. The number of aromatic nitrogens is 4. The molecule has 0 aliphatic carbocycles. The lowest BCUT2D eigenvalue weighted by molar-refractivity contribution is -0.0984. The smallest absolute Gasteiger partial charge is 0.330 e. The molecule has 27 nitrogen and oxygen atoms in total. The van der Waals surface area contributed by atoms with Crippen LogP contribution in [0.2, 0.25) is 0 Å². The molecule has 2 aromatic heterocycles. The number of aromatic amines is 2. The molecule has 0 aliphatic heterocycles. The Morgan fingerprint density at radius 2 is 1.12 bits per heavy atom. The summed E-state index contributed by atoms with van der Waals surface area (Å²) in [4.78, 5) is 55.1. The Bertz CT molecular complexity index is 2570. The van der Waals surface area contributed by atoms with Crippen molar-refractivity contribution < 1.29 is 65.3 Å². The molecule has 0 radical (unpaired) electrons. The van der Waals surface area contributed by atoms with Crippen LogP contribution in [-0.4, -0.2) is 202 Å². The van der Waals surface area contributed by atoms with Gasteiger partial charge in [-0.15, -0.1) is 0 Å². The van der Waals surface area contributed by atoms with Gasteiger partial charge in [0.05, 0.1) is 72.0 Å². The van der Waals surface area contributed by atoms with Crippen molar-refractivity contribution in [2.75, 3.05) is 121 Å². The van der Waals surface area contributed by atoms with Gasteiger partial charge in [-0.25, -0.2) is 30.2 Å². The van der Waals surface area contributed by atoms with Crippen molar-refractivity contribution >= 4 is 31.7 Å². The fraction of sp³-hybridized carbons (Fsp3) is 0.736. The molecule has 0 spiro atoms. The molecule has 2 rings (SSSR count). The van der Waals surface area contributed by atoms with Crippen molar-refractivity contribution in [3.05, 3.63) is 101 Å². The first kappa shape index (κ1) is 80.5. The summed E-state index contributed by atoms with van der Waals surface area (Å²) in [5.41, 5.74) is -2.46. The van der Waals surface area contributed by atoms with E-state index in [4.69, 9.17) is 62.9 Å². The van der Waals surface area contributed by atoms with Gasteiger partial charge in [0.1, 0.15) is 18.8 Å². The third-order valence-electron chi connectivity index (χ3n) is 11.2. The van der Waals surface area contributed by atoms with Crippen LogP contribution in [0.5, 0.6) is 0 Å². The standard InChI is InChI=1S/C24H42N4O9P2.C15H25N2O8P.C14H30N3OP/c1-19(2)28(20(3)4)38(35-13-11-25-5)36-17-21(10-16-39(8,31)33-7)37-23(18-34-15-14-32-6)27-12-9-22(29)26-24(27)30;1-22-7-8-24-11-14(17-6-4-13(19)16-15(17)20)25-12(10-18)5-9-26(3,21)23-2;1-8-16(12(2)3)19(18-11-9-10-15)17(13(4)5)14(6)7/h9-10,12,16,19-21,23H,11,13-15,17-18H2,1-4,6-8H3,(H,26,29,30);4-6,9,12,14,18H,7-8,10-11H2,1-3H3,(H,16,19,20);12-14H,8-9,11H2,1-7H3/b16-10+;9-5+;/t21-,23-,38?,39?;12-,14-,26?;/m11./s1. The number of aliphatic hydroxyl groups excluding tert-OH is 1. The summed E-state index contributed by atoms with van der Waals surface area (Å²) in [5, 5.41) is 18.2. The van der Waals surface area contributed by atoms with Gasteiger partial charge in [-0.3, -0.25) is 37.8 Å². The van der Waals surface area contributed by atoms with Crippen molar-refractivity contribution in [3.63, 3.8) is 0 Å². The fourth-order valence-corrected chi connectivity index (χ4v) is 12.3. The van der Waals surface area contributed by atoms with E-state index in [1.165, 1.54) is 88.6 Å². The number of methoxy groups -OCH3 is 2. The van der Waals surface area contributed by atoms with Gasteiger partial charge in [0, 0.05) is 103 Å². The van der Waals surface area contributed by atoms with Crippen LogP contribution in [0.4, 0.5) is 0 Å². The first-order chi connectivity index (χ1) is 39.6. The molecule has 8 atom stereocenters. The van der Waals surface area contributed by atoms with Crippen LogP contribution in [0, 0.1) is 17.9 Å². The lowest BCUT2D eigenvalue weighted by Crippen LogP contribution is -2.40. The SMILES string of the molecule is CCN(C(C)C)P(OCCC#N)N(C(C)C)C(C)C.COCCOC[C@@H](O[C@H](/C=C/P(C)(=O)OC)CO)n1ccc(=O)[nH]c1=O.[C-]#[N+]CCOP(OC[C@@H](/C=C/P(C)(=O)OC)O[C@H](COCCOC)n1ccc(=O)[nH]c1=O)N(C(C)C)C(C)C. The Morgan fingerprint density at radius 3 is 1.49 bits per heavy atom. The highest BCUT2D eigenvalue weighted by molar-refractivity contribution is 7.61. The first-order valence-corrected chi connectivity index (χ1v) is 34.1. The molecular weight excluding hydrogens is 1170 g/mol. The normalized spacial score (nSPS) is 15.7. The molecule has 4 unspecified atom stereocenters. The van der Waals surface area contributed by atoms with E-state index in [0.29, 0.717) is 44.4 Å². The number of aliphatic hydroxyl groups is 1. The van der Waals surface area contributed by atoms with E-state index in [1.807, 2.05) is 27.7 Å². The van der Waals surface area contributed by atoms with Crippen LogP contribution in [-0.2, 0) is 60.2 Å². The van der Waals surface area contributed by atoms with Crippen LogP contribution in [0.1, 0.15) is 95.0 Å². The maximum atomic E-state index is 12.6. The van der Waals surface area contributed by atoms with Crippen molar-refractivity contribution in [2.45, 2.75) is 137 Å². The molecular formula is C53H97N9O18P4. The summed E-state index contributed by atoms with van der Waals surface area (Å²) in [7, 11) is -2.66. The molecule has 0 fully saturated rings. The molecule has 0 saturated carbocycles. The van der Waals surface area contributed by atoms with Crippen LogP contribution in [0.25, 0.3) is 4.85 Å². The number of hydrogen-bond acceptors (Lipinski definition) is 22. The van der Waals surface area contributed by atoms with Gasteiger partial charge < -0.3 is 61.0 Å². The van der Waals surface area contributed by atoms with Gasteiger partial charge in [0.25, 0.3) is 19.6 Å².